The summed E-state index contributed by atoms with van der Waals surface area (Å²) in [5.74, 6) is 0.750. The minimum atomic E-state index is 0.750. The lowest BCUT2D eigenvalue weighted by Gasteiger charge is -2.11. The van der Waals surface area contributed by atoms with Crippen molar-refractivity contribution < 1.29 is 0 Å². The van der Waals surface area contributed by atoms with Gasteiger partial charge in [-0.25, -0.2) is 0 Å². The van der Waals surface area contributed by atoms with Crippen molar-refractivity contribution in [3.05, 3.63) is 28.8 Å². The number of unbranched alkanes of at least 4 members (excludes halogenated alkanes) is 3. The maximum absolute atomic E-state index is 3.59. The van der Waals surface area contributed by atoms with Crippen LogP contribution in [0.4, 0.5) is 5.69 Å². The number of nitrogens with one attached hydrogen (secondary N) is 1. The third kappa shape index (κ3) is 2.83. The van der Waals surface area contributed by atoms with Crippen LogP contribution in [0.3, 0.4) is 0 Å². The van der Waals surface area contributed by atoms with E-state index in [1.54, 1.807) is 5.56 Å². The first kappa shape index (κ1) is 12.5. The Labute approximate surface area is 106 Å². The van der Waals surface area contributed by atoms with E-state index in [1.807, 2.05) is 0 Å². The fourth-order valence-electron chi connectivity index (χ4n) is 2.97. The molecule has 1 heteroatoms. The molecule has 0 saturated heterocycles. The fraction of sp³-hybridized carbons (Fsp3) is 0.625. The largest absolute Gasteiger partial charge is 0.384 e. The van der Waals surface area contributed by atoms with E-state index in [1.165, 1.54) is 48.9 Å². The summed E-state index contributed by atoms with van der Waals surface area (Å²) in [5, 5.41) is 3.59. The molecule has 2 rings (SSSR count). The quantitative estimate of drug-likeness (QED) is 0.719. The number of rotatable bonds is 5. The van der Waals surface area contributed by atoms with Crippen LogP contribution in [-0.4, -0.2) is 6.54 Å². The van der Waals surface area contributed by atoms with Crippen LogP contribution in [0.2, 0.25) is 0 Å². The van der Waals surface area contributed by atoms with Gasteiger partial charge < -0.3 is 5.32 Å². The molecule has 1 aromatic carbocycles. The number of fused-ring (bicyclic) bond motifs is 1. The third-order valence-corrected chi connectivity index (χ3v) is 3.88. The third-order valence-electron chi connectivity index (χ3n) is 3.88. The highest BCUT2D eigenvalue weighted by molar-refractivity contribution is 5.63. The summed E-state index contributed by atoms with van der Waals surface area (Å²) in [7, 11) is 0. The molecule has 1 nitrogen and oxygen atoms in total. The maximum Gasteiger partial charge on any atom is 0.0406 e. The SMILES string of the molecule is CCCCCCC1CNc2c(C)cc(C)cc21. The number of aryl methyl sites for hydroxylation is 2. The minimum absolute atomic E-state index is 0.750. The summed E-state index contributed by atoms with van der Waals surface area (Å²) < 4.78 is 0. The molecule has 1 atom stereocenters. The second-order valence-electron chi connectivity index (χ2n) is 5.47. The summed E-state index contributed by atoms with van der Waals surface area (Å²) >= 11 is 0. The molecule has 1 heterocycles. The minimum Gasteiger partial charge on any atom is -0.384 e. The highest BCUT2D eigenvalue weighted by atomic mass is 14.9. The molecule has 1 aliphatic heterocycles. The van der Waals surface area contributed by atoms with E-state index in [-0.39, 0.29) is 0 Å². The lowest BCUT2D eigenvalue weighted by atomic mass is 9.92. The number of hydrogen-bond acceptors (Lipinski definition) is 1. The molecule has 0 aromatic heterocycles. The molecule has 17 heavy (non-hydrogen) atoms. The Hall–Kier alpha value is -0.980. The maximum atomic E-state index is 3.59. The van der Waals surface area contributed by atoms with Crippen LogP contribution >= 0.6 is 0 Å². The zero-order valence-electron chi connectivity index (χ0n) is 11.5. The molecule has 1 unspecified atom stereocenters. The molecule has 0 amide bonds. The molecule has 1 aromatic rings. The van der Waals surface area contributed by atoms with Crippen molar-refractivity contribution in [2.24, 2.45) is 0 Å². The Morgan fingerprint density at radius 3 is 2.76 bits per heavy atom. The molecule has 0 radical (unpaired) electrons. The highest BCUT2D eigenvalue weighted by Crippen LogP contribution is 2.37. The van der Waals surface area contributed by atoms with E-state index >= 15 is 0 Å². The van der Waals surface area contributed by atoms with Gasteiger partial charge in [0.25, 0.3) is 0 Å². The van der Waals surface area contributed by atoms with Crippen LogP contribution in [0.25, 0.3) is 0 Å². The van der Waals surface area contributed by atoms with Crippen molar-refractivity contribution in [1.82, 2.24) is 0 Å². The van der Waals surface area contributed by atoms with Gasteiger partial charge >= 0.3 is 0 Å². The second kappa shape index (κ2) is 5.57. The van der Waals surface area contributed by atoms with E-state index in [9.17, 15) is 0 Å². The van der Waals surface area contributed by atoms with Crippen molar-refractivity contribution in [2.45, 2.75) is 58.8 Å². The van der Waals surface area contributed by atoms with Crippen LogP contribution < -0.4 is 5.32 Å². The number of benzene rings is 1. The summed E-state index contributed by atoms with van der Waals surface area (Å²) in [6.45, 7) is 7.85. The zero-order valence-corrected chi connectivity index (χ0v) is 11.5. The molecular weight excluding hydrogens is 206 g/mol. The Morgan fingerprint density at radius 2 is 2.00 bits per heavy atom. The fourth-order valence-corrected chi connectivity index (χ4v) is 2.97. The predicted molar refractivity (Wildman–Crippen MR) is 75.9 cm³/mol. The second-order valence-corrected chi connectivity index (χ2v) is 5.47. The van der Waals surface area contributed by atoms with Crippen LogP contribution in [0.15, 0.2) is 12.1 Å². The molecule has 0 spiro atoms. The molecule has 0 saturated carbocycles. The van der Waals surface area contributed by atoms with Gasteiger partial charge in [-0.1, -0.05) is 50.3 Å². The summed E-state index contributed by atoms with van der Waals surface area (Å²) in [6, 6.07) is 4.66. The van der Waals surface area contributed by atoms with Crippen LogP contribution in [0.5, 0.6) is 0 Å². The van der Waals surface area contributed by atoms with Crippen molar-refractivity contribution >= 4 is 5.69 Å². The summed E-state index contributed by atoms with van der Waals surface area (Å²) in [5.41, 5.74) is 5.80. The van der Waals surface area contributed by atoms with Gasteiger partial charge in [0.15, 0.2) is 0 Å². The van der Waals surface area contributed by atoms with Gasteiger partial charge in [-0.05, 0) is 31.4 Å². The van der Waals surface area contributed by atoms with Crippen LogP contribution in [0.1, 0.15) is 61.6 Å². The van der Waals surface area contributed by atoms with Gasteiger partial charge in [0.2, 0.25) is 0 Å². The van der Waals surface area contributed by atoms with Gasteiger partial charge in [0.05, 0.1) is 0 Å². The van der Waals surface area contributed by atoms with E-state index in [2.05, 4.69) is 38.2 Å². The molecular formula is C16H25N. The van der Waals surface area contributed by atoms with Crippen molar-refractivity contribution in [3.8, 4) is 0 Å². The average Bonchev–Trinajstić information content (AvgIpc) is 2.68. The lowest BCUT2D eigenvalue weighted by molar-refractivity contribution is 0.578. The Kier molecular flexibility index (Phi) is 4.09. The zero-order chi connectivity index (χ0) is 12.3. The van der Waals surface area contributed by atoms with Gasteiger partial charge in [-0.15, -0.1) is 0 Å². The van der Waals surface area contributed by atoms with Gasteiger partial charge in [-0.2, -0.15) is 0 Å². The first-order valence-corrected chi connectivity index (χ1v) is 7.07. The molecule has 1 aliphatic rings. The van der Waals surface area contributed by atoms with Gasteiger partial charge in [-0.3, -0.25) is 0 Å². The van der Waals surface area contributed by atoms with Gasteiger partial charge in [0.1, 0.15) is 0 Å². The van der Waals surface area contributed by atoms with Crippen LogP contribution in [-0.2, 0) is 0 Å². The lowest BCUT2D eigenvalue weighted by Crippen LogP contribution is -2.01. The molecule has 0 bridgehead atoms. The molecule has 0 aliphatic carbocycles. The predicted octanol–water partition coefficient (Wildman–Crippen LogP) is 4.78. The van der Waals surface area contributed by atoms with Crippen molar-refractivity contribution in [1.29, 1.82) is 0 Å². The first-order valence-electron chi connectivity index (χ1n) is 7.07. The summed E-state index contributed by atoms with van der Waals surface area (Å²) in [4.78, 5) is 0. The smallest absolute Gasteiger partial charge is 0.0406 e. The molecule has 1 N–H and O–H groups in total. The molecule has 0 fully saturated rings. The average molecular weight is 231 g/mol. The number of hydrogen-bond donors (Lipinski definition) is 1. The monoisotopic (exact) mass is 231 g/mol. The van der Waals surface area contributed by atoms with Crippen molar-refractivity contribution in [3.63, 3.8) is 0 Å². The first-order chi connectivity index (χ1) is 8.22. The molecule has 94 valence electrons. The van der Waals surface area contributed by atoms with Crippen molar-refractivity contribution in [2.75, 3.05) is 11.9 Å². The topological polar surface area (TPSA) is 12.0 Å². The highest BCUT2D eigenvalue weighted by Gasteiger charge is 2.23. The Bertz CT molecular complexity index is 381. The van der Waals surface area contributed by atoms with E-state index in [4.69, 9.17) is 0 Å². The standard InChI is InChI=1S/C16H25N/c1-4-5-6-7-8-14-11-17-16-13(3)9-12(2)10-15(14)16/h9-10,14,17H,4-8,11H2,1-3H3. The normalized spacial score (nSPS) is 17.9. The number of anilines is 1. The van der Waals surface area contributed by atoms with E-state index in [0.29, 0.717) is 0 Å². The Morgan fingerprint density at radius 1 is 1.18 bits per heavy atom. The summed E-state index contributed by atoms with van der Waals surface area (Å²) in [6.07, 6.45) is 6.85. The van der Waals surface area contributed by atoms with E-state index < -0.39 is 0 Å². The van der Waals surface area contributed by atoms with E-state index in [0.717, 1.165) is 12.5 Å². The van der Waals surface area contributed by atoms with Gasteiger partial charge in [0, 0.05) is 18.2 Å². The van der Waals surface area contributed by atoms with Crippen LogP contribution in [0, 0.1) is 13.8 Å². The Balaban J connectivity index is 2.01.